The van der Waals surface area contributed by atoms with E-state index in [1.54, 1.807) is 0 Å². The van der Waals surface area contributed by atoms with E-state index in [9.17, 15) is 4.79 Å². The summed E-state index contributed by atoms with van der Waals surface area (Å²) in [5.74, 6) is 0. The highest BCUT2D eigenvalue weighted by atomic mass is 79.9. The molecule has 0 aliphatic heterocycles. The fourth-order valence-corrected chi connectivity index (χ4v) is 1.30. The monoisotopic (exact) mass is 271 g/mol. The summed E-state index contributed by atoms with van der Waals surface area (Å²) in [6.45, 7) is 1.46. The summed E-state index contributed by atoms with van der Waals surface area (Å²) in [6, 6.07) is 7.59. The Morgan fingerprint density at radius 1 is 1.27 bits per heavy atom. The molecule has 0 heterocycles. The Kier molecular flexibility index (Phi) is 5.14. The first-order valence-electron chi connectivity index (χ1n) is 4.68. The summed E-state index contributed by atoms with van der Waals surface area (Å²) in [4.78, 5) is 11.2. The normalized spacial score (nSPS) is 9.73. The van der Waals surface area contributed by atoms with Gasteiger partial charge < -0.3 is 16.4 Å². The number of urea groups is 1. The molecule has 0 unspecified atom stereocenters. The van der Waals surface area contributed by atoms with Gasteiger partial charge in [0.2, 0.25) is 0 Å². The third kappa shape index (κ3) is 4.80. The molecule has 0 saturated heterocycles. The predicted molar refractivity (Wildman–Crippen MR) is 63.4 cm³/mol. The molecular formula is C10H14BrN3O. The lowest BCUT2D eigenvalue weighted by Gasteiger charge is -2.06. The second-order valence-corrected chi connectivity index (χ2v) is 3.94. The number of halogens is 1. The first kappa shape index (κ1) is 12.0. The van der Waals surface area contributed by atoms with E-state index in [2.05, 4.69) is 26.6 Å². The fraction of sp³-hybridized carbons (Fsp3) is 0.300. The van der Waals surface area contributed by atoms with Gasteiger partial charge in [-0.3, -0.25) is 0 Å². The molecule has 82 valence electrons. The van der Waals surface area contributed by atoms with Crippen LogP contribution in [0.25, 0.3) is 0 Å². The number of benzene rings is 1. The maximum absolute atomic E-state index is 11.2. The summed E-state index contributed by atoms with van der Waals surface area (Å²) in [6.07, 6.45) is 0. The Hall–Kier alpha value is -1.07. The summed E-state index contributed by atoms with van der Waals surface area (Å²) in [7, 11) is 0. The van der Waals surface area contributed by atoms with Crippen molar-refractivity contribution in [2.75, 3.05) is 13.1 Å². The number of hydrogen-bond donors (Lipinski definition) is 3. The number of carbonyl (C=O) groups is 1. The smallest absolute Gasteiger partial charge is 0.315 e. The van der Waals surface area contributed by atoms with E-state index in [4.69, 9.17) is 5.73 Å². The van der Waals surface area contributed by atoms with E-state index in [0.29, 0.717) is 19.6 Å². The average molecular weight is 272 g/mol. The van der Waals surface area contributed by atoms with Crippen LogP contribution in [0.2, 0.25) is 0 Å². The van der Waals surface area contributed by atoms with Gasteiger partial charge >= 0.3 is 6.03 Å². The Bertz CT molecular complexity index is 313. The largest absolute Gasteiger partial charge is 0.337 e. The highest BCUT2D eigenvalue weighted by Gasteiger charge is 1.98. The van der Waals surface area contributed by atoms with Crippen LogP contribution in [0.1, 0.15) is 5.56 Å². The lowest BCUT2D eigenvalue weighted by Crippen LogP contribution is -2.37. The standard InChI is InChI=1S/C10H14BrN3O/c11-9-3-1-8(2-4-9)7-14-10(15)13-6-5-12/h1-4H,5-7,12H2,(H2,13,14,15). The molecule has 0 aliphatic carbocycles. The van der Waals surface area contributed by atoms with Crippen LogP contribution in [0, 0.1) is 0 Å². The molecule has 0 radical (unpaired) electrons. The minimum Gasteiger partial charge on any atom is -0.337 e. The van der Waals surface area contributed by atoms with Gasteiger partial charge in [-0.1, -0.05) is 28.1 Å². The molecule has 1 aromatic rings. The van der Waals surface area contributed by atoms with Crippen LogP contribution in [0.3, 0.4) is 0 Å². The van der Waals surface area contributed by atoms with E-state index in [-0.39, 0.29) is 6.03 Å². The molecule has 0 bridgehead atoms. The van der Waals surface area contributed by atoms with Gasteiger partial charge in [0, 0.05) is 24.1 Å². The molecule has 1 rings (SSSR count). The molecule has 0 fully saturated rings. The van der Waals surface area contributed by atoms with Crippen molar-refractivity contribution in [1.29, 1.82) is 0 Å². The SMILES string of the molecule is NCCNC(=O)NCc1ccc(Br)cc1. The second kappa shape index (κ2) is 6.42. The van der Waals surface area contributed by atoms with Crippen molar-refractivity contribution in [2.24, 2.45) is 5.73 Å². The zero-order chi connectivity index (χ0) is 11.1. The summed E-state index contributed by atoms with van der Waals surface area (Å²) < 4.78 is 1.03. The van der Waals surface area contributed by atoms with E-state index >= 15 is 0 Å². The van der Waals surface area contributed by atoms with E-state index in [0.717, 1.165) is 10.0 Å². The van der Waals surface area contributed by atoms with Crippen LogP contribution in [-0.4, -0.2) is 19.1 Å². The lowest BCUT2D eigenvalue weighted by molar-refractivity contribution is 0.241. The van der Waals surface area contributed by atoms with Gasteiger partial charge in [0.05, 0.1) is 0 Å². The lowest BCUT2D eigenvalue weighted by atomic mass is 10.2. The molecule has 5 heteroatoms. The number of carbonyl (C=O) groups excluding carboxylic acids is 1. The van der Waals surface area contributed by atoms with Gasteiger partial charge in [-0.15, -0.1) is 0 Å². The van der Waals surface area contributed by atoms with Gasteiger partial charge in [-0.25, -0.2) is 4.79 Å². The quantitative estimate of drug-likeness (QED) is 0.771. The zero-order valence-electron chi connectivity index (χ0n) is 8.29. The minimum absolute atomic E-state index is 0.191. The second-order valence-electron chi connectivity index (χ2n) is 3.02. The van der Waals surface area contributed by atoms with Crippen LogP contribution >= 0.6 is 15.9 Å². The molecule has 0 saturated carbocycles. The van der Waals surface area contributed by atoms with Crippen LogP contribution in [0.15, 0.2) is 28.7 Å². The Morgan fingerprint density at radius 3 is 2.53 bits per heavy atom. The molecule has 0 atom stereocenters. The Balaban J connectivity index is 2.30. The maximum Gasteiger partial charge on any atom is 0.315 e. The Morgan fingerprint density at radius 2 is 1.93 bits per heavy atom. The number of hydrogen-bond acceptors (Lipinski definition) is 2. The number of rotatable bonds is 4. The number of nitrogens with one attached hydrogen (secondary N) is 2. The van der Waals surface area contributed by atoms with Gasteiger partial charge in [0.25, 0.3) is 0 Å². The van der Waals surface area contributed by atoms with Crippen molar-refractivity contribution in [1.82, 2.24) is 10.6 Å². The zero-order valence-corrected chi connectivity index (χ0v) is 9.88. The van der Waals surface area contributed by atoms with Gasteiger partial charge in [0.1, 0.15) is 0 Å². The van der Waals surface area contributed by atoms with Crippen molar-refractivity contribution in [3.8, 4) is 0 Å². The van der Waals surface area contributed by atoms with Crippen molar-refractivity contribution in [2.45, 2.75) is 6.54 Å². The first-order chi connectivity index (χ1) is 7.22. The molecular weight excluding hydrogens is 258 g/mol. The summed E-state index contributed by atoms with van der Waals surface area (Å²) in [5.41, 5.74) is 6.31. The minimum atomic E-state index is -0.191. The van der Waals surface area contributed by atoms with E-state index < -0.39 is 0 Å². The molecule has 4 nitrogen and oxygen atoms in total. The van der Waals surface area contributed by atoms with Crippen LogP contribution in [0.4, 0.5) is 4.79 Å². The fourth-order valence-electron chi connectivity index (χ4n) is 1.03. The first-order valence-corrected chi connectivity index (χ1v) is 5.48. The molecule has 4 N–H and O–H groups in total. The highest BCUT2D eigenvalue weighted by molar-refractivity contribution is 9.10. The topological polar surface area (TPSA) is 67.1 Å². The van der Waals surface area contributed by atoms with E-state index in [1.165, 1.54) is 0 Å². The summed E-state index contributed by atoms with van der Waals surface area (Å²) >= 11 is 3.35. The molecule has 0 spiro atoms. The van der Waals surface area contributed by atoms with Gasteiger partial charge in [-0.2, -0.15) is 0 Å². The number of nitrogens with two attached hydrogens (primary N) is 1. The van der Waals surface area contributed by atoms with Crippen molar-refractivity contribution < 1.29 is 4.79 Å². The molecule has 2 amide bonds. The molecule has 15 heavy (non-hydrogen) atoms. The van der Waals surface area contributed by atoms with Crippen LogP contribution in [0.5, 0.6) is 0 Å². The van der Waals surface area contributed by atoms with E-state index in [1.807, 2.05) is 24.3 Å². The molecule has 1 aromatic carbocycles. The van der Waals surface area contributed by atoms with Gasteiger partial charge in [0.15, 0.2) is 0 Å². The van der Waals surface area contributed by atoms with Gasteiger partial charge in [-0.05, 0) is 17.7 Å². The average Bonchev–Trinajstić information content (AvgIpc) is 2.25. The predicted octanol–water partition coefficient (Wildman–Crippen LogP) is 1.21. The molecule has 0 aromatic heterocycles. The maximum atomic E-state index is 11.2. The number of amides is 2. The summed E-state index contributed by atoms with van der Waals surface area (Å²) in [5, 5.41) is 5.36. The highest BCUT2D eigenvalue weighted by Crippen LogP contribution is 2.09. The molecule has 0 aliphatic rings. The van der Waals surface area contributed by atoms with Crippen LogP contribution < -0.4 is 16.4 Å². The Labute approximate surface area is 97.4 Å². The third-order valence-corrected chi connectivity index (χ3v) is 2.32. The van der Waals surface area contributed by atoms with Crippen LogP contribution in [-0.2, 0) is 6.54 Å². The van der Waals surface area contributed by atoms with Crippen molar-refractivity contribution in [3.05, 3.63) is 34.3 Å². The van der Waals surface area contributed by atoms with Crippen molar-refractivity contribution in [3.63, 3.8) is 0 Å². The third-order valence-electron chi connectivity index (χ3n) is 1.80. The van der Waals surface area contributed by atoms with Crippen molar-refractivity contribution >= 4 is 22.0 Å².